The molecule has 0 spiro atoms. The lowest BCUT2D eigenvalue weighted by molar-refractivity contribution is 0.145. The fourth-order valence-electron chi connectivity index (χ4n) is 4.21. The summed E-state index contributed by atoms with van der Waals surface area (Å²) in [6.07, 6.45) is 4.78. The number of methoxy groups -OCH3 is 1. The van der Waals surface area contributed by atoms with Gasteiger partial charge in [0.15, 0.2) is 0 Å². The lowest BCUT2D eigenvalue weighted by Gasteiger charge is -2.32. The summed E-state index contributed by atoms with van der Waals surface area (Å²) in [6.45, 7) is 1.58. The van der Waals surface area contributed by atoms with Crippen molar-refractivity contribution in [2.75, 3.05) is 29.8 Å². The molecule has 1 aliphatic rings. The minimum Gasteiger partial charge on any atom is -0.480 e. The van der Waals surface area contributed by atoms with Gasteiger partial charge in [-0.1, -0.05) is 6.07 Å². The number of anilines is 2. The number of benzene rings is 2. The van der Waals surface area contributed by atoms with Gasteiger partial charge in [-0.3, -0.25) is 4.98 Å². The van der Waals surface area contributed by atoms with E-state index in [1.807, 2.05) is 30.5 Å². The topological polar surface area (TPSA) is 70.5 Å². The monoisotopic (exact) mass is 494 g/mol. The van der Waals surface area contributed by atoms with E-state index < -0.39 is 11.6 Å². The average molecular weight is 495 g/mol. The van der Waals surface area contributed by atoms with Crippen LogP contribution >= 0.6 is 11.9 Å². The summed E-state index contributed by atoms with van der Waals surface area (Å²) in [5.41, 5.74) is 4.33. The van der Waals surface area contributed by atoms with Crippen molar-refractivity contribution in [1.29, 1.82) is 0 Å². The molecule has 0 saturated carbocycles. The molecular formula is C26H24F2N4O2S. The Morgan fingerprint density at radius 3 is 2.63 bits per heavy atom. The molecule has 35 heavy (non-hydrogen) atoms. The molecule has 3 heterocycles. The van der Waals surface area contributed by atoms with E-state index >= 15 is 0 Å². The molecule has 1 fully saturated rings. The molecule has 2 aromatic heterocycles. The van der Waals surface area contributed by atoms with Crippen LogP contribution in [-0.2, 0) is 0 Å². The van der Waals surface area contributed by atoms with Crippen LogP contribution in [0.15, 0.2) is 65.8 Å². The van der Waals surface area contributed by atoms with Crippen molar-refractivity contribution in [3.63, 3.8) is 0 Å². The van der Waals surface area contributed by atoms with Crippen LogP contribution in [0.2, 0.25) is 0 Å². The predicted octanol–water partition coefficient (Wildman–Crippen LogP) is 5.66. The third kappa shape index (κ3) is 5.01. The van der Waals surface area contributed by atoms with Gasteiger partial charge in [0.05, 0.1) is 23.6 Å². The van der Waals surface area contributed by atoms with Crippen molar-refractivity contribution < 1.29 is 18.6 Å². The second-order valence-corrected chi connectivity index (χ2v) is 9.19. The molecular weight excluding hydrogens is 470 g/mol. The Labute approximate surface area is 206 Å². The van der Waals surface area contributed by atoms with Gasteiger partial charge in [0.25, 0.3) is 0 Å². The van der Waals surface area contributed by atoms with Crippen LogP contribution in [-0.4, -0.2) is 41.4 Å². The fraction of sp³-hybridized carbons (Fsp3) is 0.231. The molecule has 0 radical (unpaired) electrons. The van der Waals surface area contributed by atoms with Gasteiger partial charge in [-0.25, -0.2) is 13.8 Å². The highest BCUT2D eigenvalue weighted by molar-refractivity contribution is 8.00. The standard InChI is InChI=1S/C26H24F2N4O2S/c1-34-26-23(31-35-25-5-3-18(27)14-21(25)28)13-17(15-30-26)16-2-4-22-20(12-16)24(6-9-29-22)32-10-7-19(33)8-11-32/h2-6,9,12-15,19,31,33H,7-8,10-11H2,1H3. The van der Waals surface area contributed by atoms with E-state index in [-0.39, 0.29) is 11.0 Å². The molecule has 1 aliphatic heterocycles. The summed E-state index contributed by atoms with van der Waals surface area (Å²) in [5, 5.41) is 10.9. The Bertz CT molecular complexity index is 1360. The Balaban J connectivity index is 1.46. The van der Waals surface area contributed by atoms with Crippen LogP contribution in [0.25, 0.3) is 22.0 Å². The van der Waals surface area contributed by atoms with Gasteiger partial charge in [0.2, 0.25) is 5.88 Å². The molecule has 180 valence electrons. The zero-order valence-electron chi connectivity index (χ0n) is 19.0. The number of nitrogens with one attached hydrogen (secondary N) is 1. The van der Waals surface area contributed by atoms with Crippen molar-refractivity contribution >= 4 is 34.2 Å². The highest BCUT2D eigenvalue weighted by Crippen LogP contribution is 2.35. The first-order chi connectivity index (χ1) is 17.0. The Morgan fingerprint density at radius 1 is 1.03 bits per heavy atom. The van der Waals surface area contributed by atoms with Crippen LogP contribution in [0.5, 0.6) is 5.88 Å². The number of halogens is 2. The van der Waals surface area contributed by atoms with Crippen LogP contribution in [0, 0.1) is 11.6 Å². The molecule has 0 unspecified atom stereocenters. The van der Waals surface area contributed by atoms with Crippen molar-refractivity contribution in [1.82, 2.24) is 9.97 Å². The number of hydrogen-bond donors (Lipinski definition) is 2. The molecule has 2 N–H and O–H groups in total. The summed E-state index contributed by atoms with van der Waals surface area (Å²) in [7, 11) is 1.51. The predicted molar refractivity (Wildman–Crippen MR) is 135 cm³/mol. The zero-order chi connectivity index (χ0) is 24.4. The number of nitrogens with zero attached hydrogens (tertiary/aromatic N) is 3. The molecule has 2 aromatic carbocycles. The van der Waals surface area contributed by atoms with E-state index in [0.717, 1.165) is 71.7 Å². The highest BCUT2D eigenvalue weighted by Gasteiger charge is 2.19. The molecule has 0 aliphatic carbocycles. The number of rotatable bonds is 6. The largest absolute Gasteiger partial charge is 0.480 e. The molecule has 4 aromatic rings. The van der Waals surface area contributed by atoms with Crippen LogP contribution in [0.3, 0.4) is 0 Å². The third-order valence-corrected chi connectivity index (χ3v) is 6.94. The van der Waals surface area contributed by atoms with E-state index in [9.17, 15) is 13.9 Å². The van der Waals surface area contributed by atoms with Crippen molar-refractivity contribution in [2.24, 2.45) is 0 Å². The zero-order valence-corrected chi connectivity index (χ0v) is 19.9. The lowest BCUT2D eigenvalue weighted by atomic mass is 10.0. The molecule has 0 atom stereocenters. The van der Waals surface area contributed by atoms with E-state index in [0.29, 0.717) is 11.6 Å². The first kappa shape index (κ1) is 23.3. The van der Waals surface area contributed by atoms with Gasteiger partial charge >= 0.3 is 0 Å². The minimum absolute atomic E-state index is 0.243. The molecule has 0 amide bonds. The van der Waals surface area contributed by atoms with Crippen LogP contribution < -0.4 is 14.4 Å². The van der Waals surface area contributed by atoms with E-state index in [4.69, 9.17) is 4.74 Å². The van der Waals surface area contributed by atoms with Crippen molar-refractivity contribution in [2.45, 2.75) is 23.8 Å². The second-order valence-electron chi connectivity index (χ2n) is 8.34. The number of aliphatic hydroxyl groups is 1. The fourth-order valence-corrected chi connectivity index (χ4v) is 4.87. The highest BCUT2D eigenvalue weighted by atomic mass is 32.2. The SMILES string of the molecule is COc1ncc(-c2ccc3nccc(N4CCC(O)CC4)c3c2)cc1NSc1ccc(F)cc1F. The molecule has 0 bridgehead atoms. The van der Waals surface area contributed by atoms with Crippen molar-refractivity contribution in [3.05, 3.63) is 72.6 Å². The smallest absolute Gasteiger partial charge is 0.237 e. The summed E-state index contributed by atoms with van der Waals surface area (Å²) in [6, 6.07) is 13.4. The molecule has 6 nitrogen and oxygen atoms in total. The van der Waals surface area contributed by atoms with Crippen LogP contribution in [0.4, 0.5) is 20.2 Å². The maximum absolute atomic E-state index is 14.1. The average Bonchev–Trinajstić information content (AvgIpc) is 2.88. The number of ether oxygens (including phenoxy) is 1. The summed E-state index contributed by atoms with van der Waals surface area (Å²) in [5.74, 6) is -0.914. The molecule has 1 saturated heterocycles. The normalized spacial score (nSPS) is 14.3. The Hall–Kier alpha value is -3.43. The maximum atomic E-state index is 14.1. The Kier molecular flexibility index (Phi) is 6.70. The first-order valence-corrected chi connectivity index (χ1v) is 12.1. The van der Waals surface area contributed by atoms with Gasteiger partial charge in [-0.2, -0.15) is 0 Å². The molecule has 9 heteroatoms. The second kappa shape index (κ2) is 10.1. The maximum Gasteiger partial charge on any atom is 0.237 e. The number of aromatic nitrogens is 2. The minimum atomic E-state index is -0.648. The van der Waals surface area contributed by atoms with E-state index in [1.165, 1.54) is 19.2 Å². The van der Waals surface area contributed by atoms with Gasteiger partial charge in [-0.05, 0) is 66.8 Å². The van der Waals surface area contributed by atoms with Crippen molar-refractivity contribution in [3.8, 4) is 17.0 Å². The first-order valence-electron chi connectivity index (χ1n) is 11.3. The summed E-state index contributed by atoms with van der Waals surface area (Å²) >= 11 is 1.02. The molecule has 5 rings (SSSR count). The number of hydrogen-bond acceptors (Lipinski definition) is 7. The quantitative estimate of drug-likeness (QED) is 0.335. The number of fused-ring (bicyclic) bond motifs is 1. The van der Waals surface area contributed by atoms with Gasteiger partial charge in [0.1, 0.15) is 17.3 Å². The van der Waals surface area contributed by atoms with Gasteiger partial charge in [-0.15, -0.1) is 0 Å². The summed E-state index contributed by atoms with van der Waals surface area (Å²) in [4.78, 5) is 11.5. The number of aliphatic hydroxyl groups excluding tert-OH is 1. The number of piperidine rings is 1. The lowest BCUT2D eigenvalue weighted by Crippen LogP contribution is -2.35. The number of pyridine rings is 2. The van der Waals surface area contributed by atoms with Crippen LogP contribution in [0.1, 0.15) is 12.8 Å². The van der Waals surface area contributed by atoms with E-state index in [1.54, 1.807) is 6.20 Å². The van der Waals surface area contributed by atoms with Gasteiger partial charge in [0, 0.05) is 48.2 Å². The third-order valence-electron chi connectivity index (χ3n) is 6.07. The summed E-state index contributed by atoms with van der Waals surface area (Å²) < 4.78 is 35.7. The Morgan fingerprint density at radius 2 is 1.86 bits per heavy atom. The van der Waals surface area contributed by atoms with E-state index in [2.05, 4.69) is 25.7 Å². The van der Waals surface area contributed by atoms with Gasteiger partial charge < -0.3 is 19.5 Å².